The fourth-order valence-electron chi connectivity index (χ4n) is 3.97. The highest BCUT2D eigenvalue weighted by molar-refractivity contribution is 8.03. The number of allylic oxidation sites excluding steroid dienone is 1. The van der Waals surface area contributed by atoms with Gasteiger partial charge in [0.05, 0.1) is 5.03 Å². The van der Waals surface area contributed by atoms with Crippen molar-refractivity contribution < 1.29 is 14.3 Å². The van der Waals surface area contributed by atoms with Gasteiger partial charge in [-0.2, -0.15) is 0 Å². The van der Waals surface area contributed by atoms with Crippen molar-refractivity contribution in [2.24, 2.45) is 0 Å². The monoisotopic (exact) mass is 533 g/mol. The average Bonchev–Trinajstić information content (AvgIpc) is 3.48. The molecule has 2 fully saturated rings. The third kappa shape index (κ3) is 11.6. The minimum absolute atomic E-state index is 0.169. The number of ether oxygens (including phenoxy) is 1. The summed E-state index contributed by atoms with van der Waals surface area (Å²) < 4.78 is 5.37. The fourth-order valence-corrected chi connectivity index (χ4v) is 4.92. The highest BCUT2D eigenvalue weighted by atomic mass is 32.2. The van der Waals surface area contributed by atoms with Crippen LogP contribution in [0.2, 0.25) is 0 Å². The molecule has 1 amide bonds. The van der Waals surface area contributed by atoms with Crippen LogP contribution >= 0.6 is 11.8 Å². The summed E-state index contributed by atoms with van der Waals surface area (Å²) in [4.78, 5) is 25.5. The number of hydrogen-bond acceptors (Lipinski definition) is 8. The van der Waals surface area contributed by atoms with Gasteiger partial charge >= 0.3 is 0 Å². The smallest absolute Gasteiger partial charge is 0.253 e. The Kier molecular flexibility index (Phi) is 17.2. The molecule has 2 saturated heterocycles. The average molecular weight is 534 g/mol. The number of amides is 1. The van der Waals surface area contributed by atoms with Gasteiger partial charge in [-0.25, -0.2) is 0 Å². The van der Waals surface area contributed by atoms with Crippen molar-refractivity contribution >= 4 is 29.6 Å². The maximum Gasteiger partial charge on any atom is 0.253 e. The zero-order chi connectivity index (χ0) is 27.5. The van der Waals surface area contributed by atoms with E-state index >= 15 is 0 Å². The van der Waals surface area contributed by atoms with Crippen LogP contribution in [-0.2, 0) is 9.53 Å². The van der Waals surface area contributed by atoms with Gasteiger partial charge < -0.3 is 25.2 Å². The molecule has 208 valence electrons. The van der Waals surface area contributed by atoms with Crippen molar-refractivity contribution in [3.05, 3.63) is 53.7 Å². The lowest BCUT2D eigenvalue weighted by Crippen LogP contribution is -2.35. The Morgan fingerprint density at radius 2 is 1.73 bits per heavy atom. The van der Waals surface area contributed by atoms with Crippen LogP contribution in [0.3, 0.4) is 0 Å². The normalized spacial score (nSPS) is 18.7. The summed E-state index contributed by atoms with van der Waals surface area (Å²) in [7, 11) is 6.02. The van der Waals surface area contributed by atoms with Crippen LogP contribution in [0, 0.1) is 0 Å². The van der Waals surface area contributed by atoms with Crippen LogP contribution in [0.5, 0.6) is 0 Å². The molecule has 0 spiro atoms. The zero-order valence-corrected chi connectivity index (χ0v) is 24.1. The summed E-state index contributed by atoms with van der Waals surface area (Å²) in [5.74, 6) is 0.169. The maximum absolute atomic E-state index is 12.1. The van der Waals surface area contributed by atoms with Gasteiger partial charge in [-0.3, -0.25) is 14.9 Å². The molecule has 8 nitrogen and oxygen atoms in total. The van der Waals surface area contributed by atoms with Crippen LogP contribution in [0.25, 0.3) is 0 Å². The lowest BCUT2D eigenvalue weighted by molar-refractivity contribution is -0.104. The number of rotatable bonds is 6. The van der Waals surface area contributed by atoms with Crippen LogP contribution in [-0.4, -0.2) is 81.0 Å². The van der Waals surface area contributed by atoms with Crippen molar-refractivity contribution in [2.75, 3.05) is 52.8 Å². The number of carbonyl (C=O) groups excluding carboxylic acids is 2. The fraction of sp³-hybridized carbons (Fsp3) is 0.571. The zero-order valence-electron chi connectivity index (χ0n) is 23.3. The molecule has 0 radical (unpaired) electrons. The van der Waals surface area contributed by atoms with Gasteiger partial charge in [0, 0.05) is 63.9 Å². The number of nitrogens with zero attached hydrogens (tertiary/aromatic N) is 2. The Morgan fingerprint density at radius 3 is 2.22 bits per heavy atom. The molecule has 3 aliphatic rings. The van der Waals surface area contributed by atoms with E-state index in [1.807, 2.05) is 68.9 Å². The molecule has 1 atom stereocenters. The SMILES string of the molecule is C=CC=O.CC.CNC1NC=C(N(C)C2CCOCC2)S1.CNc1ccc(C(=O)N2CCCCC2)cc1. The second-order valence-electron chi connectivity index (χ2n) is 8.44. The van der Waals surface area contributed by atoms with Crippen LogP contribution in [0.15, 0.2) is 48.1 Å². The molecule has 37 heavy (non-hydrogen) atoms. The molecule has 0 aromatic heterocycles. The summed E-state index contributed by atoms with van der Waals surface area (Å²) >= 11 is 1.84. The minimum atomic E-state index is 0.169. The molecule has 1 aromatic carbocycles. The second-order valence-corrected chi connectivity index (χ2v) is 9.57. The summed E-state index contributed by atoms with van der Waals surface area (Å²) in [6.07, 6.45) is 9.74. The molecule has 1 unspecified atom stereocenters. The van der Waals surface area contributed by atoms with Crippen molar-refractivity contribution in [1.82, 2.24) is 20.4 Å². The van der Waals surface area contributed by atoms with Crippen LogP contribution in [0.4, 0.5) is 5.69 Å². The van der Waals surface area contributed by atoms with E-state index in [0.717, 1.165) is 63.2 Å². The van der Waals surface area contributed by atoms with Crippen molar-refractivity contribution in [2.45, 2.75) is 57.5 Å². The van der Waals surface area contributed by atoms with Gasteiger partial charge in [-0.15, -0.1) is 0 Å². The first-order valence-corrected chi connectivity index (χ1v) is 14.2. The Balaban J connectivity index is 0.000000306. The van der Waals surface area contributed by atoms with Gasteiger partial charge in [-0.1, -0.05) is 32.2 Å². The number of hydrogen-bond donors (Lipinski definition) is 3. The number of likely N-dealkylation sites (tertiary alicyclic amines) is 1. The summed E-state index contributed by atoms with van der Waals surface area (Å²) in [6, 6.07) is 8.30. The standard InChI is InChI=1S/C13H18N2O.C10H19N3OS.C3H4O.C2H6/c1-14-12-7-5-11(6-8-12)13(16)15-9-3-2-4-10-15;1-11-10-12-7-9(15-10)13(2)8-3-5-14-6-4-8;1-2-3-4;1-2/h5-8,14H,2-4,9-10H2,1H3;7-8,10-12H,3-6H2,1-2H3;2-3H,1H2;1-2H3. The highest BCUT2D eigenvalue weighted by Gasteiger charge is 2.25. The topological polar surface area (TPSA) is 85.9 Å². The third-order valence-electron chi connectivity index (χ3n) is 6.11. The Morgan fingerprint density at radius 1 is 1.14 bits per heavy atom. The van der Waals surface area contributed by atoms with E-state index in [9.17, 15) is 4.79 Å². The second kappa shape index (κ2) is 19.6. The molecule has 3 heterocycles. The van der Waals surface area contributed by atoms with Crippen molar-refractivity contribution in [3.8, 4) is 0 Å². The minimum Gasteiger partial charge on any atom is -0.388 e. The summed E-state index contributed by atoms with van der Waals surface area (Å²) in [6.45, 7) is 10.7. The molecule has 3 aliphatic heterocycles. The van der Waals surface area contributed by atoms with Crippen LogP contribution in [0.1, 0.15) is 56.3 Å². The van der Waals surface area contributed by atoms with E-state index in [4.69, 9.17) is 9.53 Å². The van der Waals surface area contributed by atoms with E-state index in [0.29, 0.717) is 17.8 Å². The molecule has 0 aliphatic carbocycles. The maximum atomic E-state index is 12.1. The Bertz CT molecular complexity index is 801. The van der Waals surface area contributed by atoms with Crippen molar-refractivity contribution in [1.29, 1.82) is 0 Å². The van der Waals surface area contributed by atoms with Crippen LogP contribution < -0.4 is 16.0 Å². The van der Waals surface area contributed by atoms with Gasteiger partial charge in [0.1, 0.15) is 11.8 Å². The summed E-state index contributed by atoms with van der Waals surface area (Å²) in [5, 5.41) is 10.9. The molecule has 4 rings (SSSR count). The quantitative estimate of drug-likeness (QED) is 0.364. The van der Waals surface area contributed by atoms with Crippen molar-refractivity contribution in [3.63, 3.8) is 0 Å². The number of carbonyl (C=O) groups is 2. The molecular formula is C28H47N5O3S. The summed E-state index contributed by atoms with van der Waals surface area (Å²) in [5.41, 5.74) is 2.15. The molecule has 3 N–H and O–H groups in total. The molecule has 9 heteroatoms. The van der Waals surface area contributed by atoms with Gasteiger partial charge in [0.15, 0.2) is 0 Å². The number of benzene rings is 1. The molecule has 1 aromatic rings. The van der Waals surface area contributed by atoms with E-state index in [2.05, 4.69) is 40.7 Å². The lowest BCUT2D eigenvalue weighted by Gasteiger charge is -2.33. The van der Waals surface area contributed by atoms with E-state index in [1.165, 1.54) is 17.5 Å². The molecule has 0 saturated carbocycles. The first-order valence-electron chi connectivity index (χ1n) is 13.3. The number of aldehydes is 1. The number of piperidine rings is 1. The number of nitrogens with one attached hydrogen (secondary N) is 3. The van der Waals surface area contributed by atoms with Gasteiger partial charge in [0.2, 0.25) is 0 Å². The Hall–Kier alpha value is -2.49. The number of anilines is 1. The van der Waals surface area contributed by atoms with E-state index < -0.39 is 0 Å². The number of thioether (sulfide) groups is 1. The Labute approximate surface area is 228 Å². The largest absolute Gasteiger partial charge is 0.388 e. The van der Waals surface area contributed by atoms with E-state index in [-0.39, 0.29) is 5.91 Å². The predicted molar refractivity (Wildman–Crippen MR) is 157 cm³/mol. The first-order chi connectivity index (χ1) is 18.0. The van der Waals surface area contributed by atoms with Gasteiger partial charge in [0.25, 0.3) is 5.91 Å². The third-order valence-corrected chi connectivity index (χ3v) is 7.36. The van der Waals surface area contributed by atoms with Gasteiger partial charge in [-0.05, 0) is 69.5 Å². The highest BCUT2D eigenvalue weighted by Crippen LogP contribution is 2.29. The molecular weight excluding hydrogens is 486 g/mol. The first kappa shape index (κ1) is 32.5. The predicted octanol–water partition coefficient (Wildman–Crippen LogP) is 4.49. The molecule has 0 bridgehead atoms. The van der Waals surface area contributed by atoms with E-state index in [1.54, 1.807) is 0 Å². The lowest BCUT2D eigenvalue weighted by atomic mass is 10.1.